The van der Waals surface area contributed by atoms with Crippen molar-refractivity contribution in [1.29, 1.82) is 0 Å². The first-order valence-corrected chi connectivity index (χ1v) is 4.88. The molecule has 0 aromatic carbocycles. The number of rotatable bonds is 5. The second-order valence-electron chi connectivity index (χ2n) is 3.41. The number of hydrogen-bond donors (Lipinski definition) is 2. The Hall–Kier alpha value is -1.65. The molecule has 0 saturated heterocycles. The summed E-state index contributed by atoms with van der Waals surface area (Å²) in [6.45, 7) is 4.10. The summed E-state index contributed by atoms with van der Waals surface area (Å²) in [5.74, 6) is -0.715. The Kier molecular flexibility index (Phi) is 4.03. The van der Waals surface area contributed by atoms with Gasteiger partial charge < -0.3 is 10.4 Å². The van der Waals surface area contributed by atoms with Crippen LogP contribution in [0.4, 0.5) is 5.95 Å². The molecule has 1 aromatic heterocycles. The third-order valence-corrected chi connectivity index (χ3v) is 2.13. The Labute approximate surface area is 88.6 Å². The number of nitrogens with zero attached hydrogens (tertiary/aromatic N) is 2. The van der Waals surface area contributed by atoms with E-state index in [-0.39, 0.29) is 0 Å². The summed E-state index contributed by atoms with van der Waals surface area (Å²) < 4.78 is 0. The number of aryl methyl sites for hydroxylation is 1. The highest BCUT2D eigenvalue weighted by Gasteiger charge is 2.14. The van der Waals surface area contributed by atoms with Crippen molar-refractivity contribution in [2.24, 2.45) is 5.92 Å². The molecule has 0 aliphatic rings. The van der Waals surface area contributed by atoms with Crippen LogP contribution in [-0.2, 0) is 4.79 Å². The van der Waals surface area contributed by atoms with Crippen LogP contribution in [-0.4, -0.2) is 27.6 Å². The summed E-state index contributed by atoms with van der Waals surface area (Å²) >= 11 is 0. The maximum Gasteiger partial charge on any atom is 0.308 e. The van der Waals surface area contributed by atoms with E-state index in [2.05, 4.69) is 15.3 Å². The minimum Gasteiger partial charge on any atom is -0.481 e. The van der Waals surface area contributed by atoms with Gasteiger partial charge in [-0.15, -0.1) is 0 Å². The maximum atomic E-state index is 10.7. The van der Waals surface area contributed by atoms with E-state index < -0.39 is 11.9 Å². The molecule has 15 heavy (non-hydrogen) atoms. The lowest BCUT2D eigenvalue weighted by molar-refractivity contribution is -0.141. The second-order valence-corrected chi connectivity index (χ2v) is 3.41. The van der Waals surface area contributed by atoms with Crippen molar-refractivity contribution < 1.29 is 9.90 Å². The first kappa shape index (κ1) is 11.4. The van der Waals surface area contributed by atoms with Gasteiger partial charge in [0.05, 0.1) is 5.92 Å². The third kappa shape index (κ3) is 3.53. The van der Waals surface area contributed by atoms with E-state index >= 15 is 0 Å². The zero-order valence-electron chi connectivity index (χ0n) is 8.90. The van der Waals surface area contributed by atoms with Gasteiger partial charge in [0.1, 0.15) is 0 Å². The SMILES string of the molecule is CCC(CNc1ncc(C)cn1)C(=O)O. The van der Waals surface area contributed by atoms with Crippen LogP contribution < -0.4 is 5.32 Å². The van der Waals surface area contributed by atoms with Gasteiger partial charge in [0.2, 0.25) is 5.95 Å². The van der Waals surface area contributed by atoms with Gasteiger partial charge in [-0.05, 0) is 18.9 Å². The molecule has 1 unspecified atom stereocenters. The molecule has 1 heterocycles. The maximum absolute atomic E-state index is 10.7. The summed E-state index contributed by atoms with van der Waals surface area (Å²) in [4.78, 5) is 18.8. The Morgan fingerprint density at radius 1 is 1.53 bits per heavy atom. The fourth-order valence-corrected chi connectivity index (χ4v) is 1.10. The van der Waals surface area contributed by atoms with Crippen molar-refractivity contribution >= 4 is 11.9 Å². The number of carboxylic acids is 1. The van der Waals surface area contributed by atoms with Crippen LogP contribution in [0.2, 0.25) is 0 Å². The summed E-state index contributed by atoms with van der Waals surface area (Å²) in [7, 11) is 0. The predicted octanol–water partition coefficient (Wildman–Crippen LogP) is 1.31. The highest BCUT2D eigenvalue weighted by Crippen LogP contribution is 2.05. The quantitative estimate of drug-likeness (QED) is 0.764. The zero-order valence-corrected chi connectivity index (χ0v) is 8.90. The van der Waals surface area contributed by atoms with Crippen LogP contribution in [0.5, 0.6) is 0 Å². The summed E-state index contributed by atoms with van der Waals surface area (Å²) in [6.07, 6.45) is 3.97. The third-order valence-electron chi connectivity index (χ3n) is 2.13. The number of carbonyl (C=O) groups is 1. The molecule has 0 radical (unpaired) electrons. The first-order valence-electron chi connectivity index (χ1n) is 4.88. The number of hydrogen-bond acceptors (Lipinski definition) is 4. The average molecular weight is 209 g/mol. The molecule has 1 atom stereocenters. The molecule has 5 heteroatoms. The van der Waals surface area contributed by atoms with Gasteiger partial charge in [-0.2, -0.15) is 0 Å². The smallest absolute Gasteiger partial charge is 0.308 e. The van der Waals surface area contributed by atoms with Gasteiger partial charge >= 0.3 is 5.97 Å². The molecule has 1 rings (SSSR count). The van der Waals surface area contributed by atoms with Crippen molar-refractivity contribution in [3.8, 4) is 0 Å². The Bertz CT molecular complexity index is 324. The topological polar surface area (TPSA) is 75.1 Å². The number of aromatic nitrogens is 2. The first-order chi connectivity index (χ1) is 7.13. The molecule has 5 nitrogen and oxygen atoms in total. The number of nitrogens with one attached hydrogen (secondary N) is 1. The fourth-order valence-electron chi connectivity index (χ4n) is 1.10. The van der Waals surface area contributed by atoms with E-state index in [1.54, 1.807) is 12.4 Å². The molecular weight excluding hydrogens is 194 g/mol. The predicted molar refractivity (Wildman–Crippen MR) is 56.7 cm³/mol. The van der Waals surface area contributed by atoms with Crippen LogP contribution in [0, 0.1) is 12.8 Å². The van der Waals surface area contributed by atoms with Crippen LogP contribution in [0.3, 0.4) is 0 Å². The molecule has 0 amide bonds. The van der Waals surface area contributed by atoms with E-state index in [4.69, 9.17) is 5.11 Å². The fraction of sp³-hybridized carbons (Fsp3) is 0.500. The molecule has 82 valence electrons. The zero-order chi connectivity index (χ0) is 11.3. The molecule has 0 fully saturated rings. The van der Waals surface area contributed by atoms with Crippen molar-refractivity contribution in [1.82, 2.24) is 9.97 Å². The number of aliphatic carboxylic acids is 1. The average Bonchev–Trinajstić information content (AvgIpc) is 2.21. The highest BCUT2D eigenvalue weighted by atomic mass is 16.4. The van der Waals surface area contributed by atoms with Gasteiger partial charge in [-0.1, -0.05) is 6.92 Å². The van der Waals surface area contributed by atoms with E-state index in [0.29, 0.717) is 18.9 Å². The second kappa shape index (κ2) is 5.29. The van der Waals surface area contributed by atoms with Crippen LogP contribution >= 0.6 is 0 Å². The summed E-state index contributed by atoms with van der Waals surface area (Å²) in [5.41, 5.74) is 0.978. The molecule has 1 aromatic rings. The molecule has 0 bridgehead atoms. The lowest BCUT2D eigenvalue weighted by Crippen LogP contribution is -2.22. The van der Waals surface area contributed by atoms with Gasteiger partial charge in [0, 0.05) is 18.9 Å². The van der Waals surface area contributed by atoms with E-state index in [9.17, 15) is 4.79 Å². The van der Waals surface area contributed by atoms with Gasteiger partial charge in [0.15, 0.2) is 0 Å². The molecule has 0 aliphatic carbocycles. The van der Waals surface area contributed by atoms with Crippen molar-refractivity contribution in [2.45, 2.75) is 20.3 Å². The molecule has 0 saturated carbocycles. The largest absolute Gasteiger partial charge is 0.481 e. The Morgan fingerprint density at radius 2 is 2.13 bits per heavy atom. The molecule has 0 aliphatic heterocycles. The molecule has 0 spiro atoms. The van der Waals surface area contributed by atoms with Crippen LogP contribution in [0.15, 0.2) is 12.4 Å². The van der Waals surface area contributed by atoms with Crippen LogP contribution in [0.25, 0.3) is 0 Å². The highest BCUT2D eigenvalue weighted by molar-refractivity contribution is 5.70. The van der Waals surface area contributed by atoms with E-state index in [1.165, 1.54) is 0 Å². The van der Waals surface area contributed by atoms with Gasteiger partial charge in [0.25, 0.3) is 0 Å². The Balaban J connectivity index is 2.49. The van der Waals surface area contributed by atoms with Crippen LogP contribution in [0.1, 0.15) is 18.9 Å². The molecule has 2 N–H and O–H groups in total. The van der Waals surface area contributed by atoms with Gasteiger partial charge in [-0.3, -0.25) is 4.79 Å². The number of carboxylic acid groups (broad SMARTS) is 1. The standard InChI is InChI=1S/C10H15N3O2/c1-3-8(9(14)15)6-13-10-11-4-7(2)5-12-10/h4-5,8H,3,6H2,1-2H3,(H,14,15)(H,11,12,13). The summed E-state index contributed by atoms with van der Waals surface area (Å²) in [6, 6.07) is 0. The minimum atomic E-state index is -0.794. The van der Waals surface area contributed by atoms with Crippen molar-refractivity contribution in [2.75, 3.05) is 11.9 Å². The lowest BCUT2D eigenvalue weighted by Gasteiger charge is -2.10. The van der Waals surface area contributed by atoms with Crippen molar-refractivity contribution in [3.05, 3.63) is 18.0 Å². The Morgan fingerprint density at radius 3 is 2.60 bits per heavy atom. The van der Waals surface area contributed by atoms with Gasteiger partial charge in [-0.25, -0.2) is 9.97 Å². The minimum absolute atomic E-state index is 0.356. The molecular formula is C10H15N3O2. The van der Waals surface area contributed by atoms with Crippen molar-refractivity contribution in [3.63, 3.8) is 0 Å². The normalized spacial score (nSPS) is 12.1. The van der Waals surface area contributed by atoms with E-state index in [1.807, 2.05) is 13.8 Å². The lowest BCUT2D eigenvalue weighted by atomic mass is 10.1. The summed E-state index contributed by atoms with van der Waals surface area (Å²) in [5, 5.41) is 11.7. The van der Waals surface area contributed by atoms with E-state index in [0.717, 1.165) is 5.56 Å². The monoisotopic (exact) mass is 209 g/mol. The number of anilines is 1.